The van der Waals surface area contributed by atoms with Crippen LogP contribution in [0.3, 0.4) is 0 Å². The number of hydrogen-bond acceptors (Lipinski definition) is 1. The third-order valence-electron chi connectivity index (χ3n) is 1.09. The molecule has 4 radical (unpaired) electrons. The van der Waals surface area contributed by atoms with Crippen LogP contribution in [0, 0.1) is 0 Å². The van der Waals surface area contributed by atoms with Gasteiger partial charge in [-0.3, -0.25) is 0 Å². The van der Waals surface area contributed by atoms with Crippen LogP contribution in [0.4, 0.5) is 0 Å². The molecule has 0 aromatic rings. The van der Waals surface area contributed by atoms with E-state index < -0.39 is 0 Å². The lowest BCUT2D eigenvalue weighted by atomic mass is 9.94. The fourth-order valence-electron chi connectivity index (χ4n) is 0.689. The third kappa shape index (κ3) is 1.23. The molecule has 0 bridgehead atoms. The molecule has 0 spiro atoms. The molecule has 0 saturated carbocycles. The van der Waals surface area contributed by atoms with Crippen molar-refractivity contribution in [3.63, 3.8) is 0 Å². The maximum atomic E-state index is 5.32. The van der Waals surface area contributed by atoms with Crippen molar-refractivity contribution in [2.45, 2.75) is 24.8 Å². The molecule has 2 atom stereocenters. The van der Waals surface area contributed by atoms with Gasteiger partial charge in [0.25, 0.3) is 0 Å². The molecule has 34 valence electrons. The van der Waals surface area contributed by atoms with Crippen LogP contribution in [-0.2, 0) is 4.74 Å². The van der Waals surface area contributed by atoms with Gasteiger partial charge in [0.1, 0.15) is 15.7 Å². The number of rotatable bonds is 0. The van der Waals surface area contributed by atoms with Crippen LogP contribution < -0.4 is 0 Å². The maximum absolute atomic E-state index is 5.32. The van der Waals surface area contributed by atoms with E-state index >= 15 is 0 Å². The van der Waals surface area contributed by atoms with Gasteiger partial charge >= 0.3 is 0 Å². The van der Waals surface area contributed by atoms with E-state index in [2.05, 4.69) is 0 Å². The van der Waals surface area contributed by atoms with Gasteiger partial charge in [0.05, 0.1) is 0 Å². The summed E-state index contributed by atoms with van der Waals surface area (Å²) >= 11 is 0. The Morgan fingerprint density at radius 1 is 1.14 bits per heavy atom. The van der Waals surface area contributed by atoms with Crippen molar-refractivity contribution in [3.05, 3.63) is 0 Å². The second kappa shape index (κ2) is 1.91. The Balaban J connectivity index is 2.26. The molecule has 1 nitrogen and oxygen atoms in total. The van der Waals surface area contributed by atoms with Gasteiger partial charge in [0.2, 0.25) is 0 Å². The van der Waals surface area contributed by atoms with Gasteiger partial charge in [-0.25, -0.2) is 0 Å². The summed E-state index contributed by atoms with van der Waals surface area (Å²) in [5.41, 5.74) is 0. The maximum Gasteiger partial charge on any atom is 0.108 e. The smallest absolute Gasteiger partial charge is 0.108 e. The first kappa shape index (κ1) is 5.23. The molecule has 0 unspecified atom stereocenters. The zero-order valence-corrected chi connectivity index (χ0v) is 4.13. The second-order valence-electron chi connectivity index (χ2n) is 1.79. The first-order chi connectivity index (χ1) is 3.29. The summed E-state index contributed by atoms with van der Waals surface area (Å²) in [4.78, 5) is 0. The lowest BCUT2D eigenvalue weighted by Crippen LogP contribution is -2.09. The SMILES string of the molecule is [B][C@@H]1CC[C@H]([B])O1. The molecule has 1 saturated heterocycles. The first-order valence-electron chi connectivity index (χ1n) is 2.45. The summed E-state index contributed by atoms with van der Waals surface area (Å²) in [6.07, 6.45) is 1.81. The van der Waals surface area contributed by atoms with E-state index in [0.29, 0.717) is 0 Å². The quantitative estimate of drug-likeness (QED) is 0.375. The Hall–Kier alpha value is 0.0899. The van der Waals surface area contributed by atoms with E-state index in [1.165, 1.54) is 0 Å². The fourth-order valence-corrected chi connectivity index (χ4v) is 0.689. The van der Waals surface area contributed by atoms with Crippen molar-refractivity contribution in [2.24, 2.45) is 0 Å². The highest BCUT2D eigenvalue weighted by Gasteiger charge is 2.15. The summed E-state index contributed by atoms with van der Waals surface area (Å²) in [6.45, 7) is 0. The van der Waals surface area contributed by atoms with Crippen molar-refractivity contribution in [3.8, 4) is 0 Å². The van der Waals surface area contributed by atoms with E-state index in [9.17, 15) is 0 Å². The van der Waals surface area contributed by atoms with Crippen LogP contribution in [0.15, 0.2) is 0 Å². The fraction of sp³-hybridized carbons (Fsp3) is 1.00. The van der Waals surface area contributed by atoms with Crippen molar-refractivity contribution in [1.82, 2.24) is 0 Å². The minimum absolute atomic E-state index is 0.102. The Kier molecular flexibility index (Phi) is 1.43. The molecule has 7 heavy (non-hydrogen) atoms. The van der Waals surface area contributed by atoms with Crippen molar-refractivity contribution in [1.29, 1.82) is 0 Å². The molecular formula is C4H6B2O. The van der Waals surface area contributed by atoms with Gasteiger partial charge < -0.3 is 4.74 Å². The molecule has 1 aliphatic rings. The van der Waals surface area contributed by atoms with E-state index in [4.69, 9.17) is 20.4 Å². The summed E-state index contributed by atoms with van der Waals surface area (Å²) in [7, 11) is 10.6. The molecule has 1 aliphatic heterocycles. The van der Waals surface area contributed by atoms with Crippen molar-refractivity contribution >= 4 is 15.7 Å². The van der Waals surface area contributed by atoms with Crippen LogP contribution in [0.1, 0.15) is 12.8 Å². The largest absolute Gasteiger partial charge is 0.395 e. The molecule has 0 amide bonds. The van der Waals surface area contributed by atoms with Gasteiger partial charge in [-0.2, -0.15) is 0 Å². The highest BCUT2D eigenvalue weighted by Crippen LogP contribution is 2.13. The topological polar surface area (TPSA) is 9.23 Å². The molecule has 3 heteroatoms. The molecular weight excluding hydrogens is 85.7 g/mol. The predicted octanol–water partition coefficient (Wildman–Crippen LogP) is -0.214. The van der Waals surface area contributed by atoms with E-state index in [0.717, 1.165) is 12.8 Å². The monoisotopic (exact) mass is 92.1 g/mol. The summed E-state index contributed by atoms with van der Waals surface area (Å²) in [6, 6.07) is -0.204. The van der Waals surface area contributed by atoms with Crippen LogP contribution in [0.5, 0.6) is 0 Å². The second-order valence-corrected chi connectivity index (χ2v) is 1.79. The van der Waals surface area contributed by atoms with Gasteiger partial charge in [-0.15, -0.1) is 0 Å². The van der Waals surface area contributed by atoms with E-state index in [-0.39, 0.29) is 12.0 Å². The summed E-state index contributed by atoms with van der Waals surface area (Å²) < 4.78 is 4.92. The minimum atomic E-state index is -0.102. The van der Waals surface area contributed by atoms with Crippen molar-refractivity contribution < 1.29 is 4.74 Å². The molecule has 0 aliphatic carbocycles. The van der Waals surface area contributed by atoms with Crippen LogP contribution in [0.2, 0.25) is 0 Å². The van der Waals surface area contributed by atoms with E-state index in [1.807, 2.05) is 0 Å². The molecule has 1 fully saturated rings. The molecule has 1 heterocycles. The van der Waals surface area contributed by atoms with Gasteiger partial charge in [-0.1, -0.05) is 0 Å². The van der Waals surface area contributed by atoms with Crippen LogP contribution in [0.25, 0.3) is 0 Å². The Labute approximate surface area is 46.2 Å². The highest BCUT2D eigenvalue weighted by molar-refractivity contribution is 6.14. The standard InChI is InChI=1S/C4H6B2O/c5-3-1-2-4(6)7-3/h3-4H,1-2H2/t3-,4+. The normalized spacial score (nSPS) is 41.7. The van der Waals surface area contributed by atoms with Crippen LogP contribution >= 0.6 is 0 Å². The number of hydrogen-bond donors (Lipinski definition) is 0. The zero-order chi connectivity index (χ0) is 5.28. The molecule has 0 aromatic heterocycles. The Morgan fingerprint density at radius 2 is 1.57 bits per heavy atom. The summed E-state index contributed by atoms with van der Waals surface area (Å²) in [5.74, 6) is 0. The highest BCUT2D eigenvalue weighted by atomic mass is 16.5. The van der Waals surface area contributed by atoms with Gasteiger partial charge in [0.15, 0.2) is 0 Å². The molecule has 0 aromatic carbocycles. The van der Waals surface area contributed by atoms with Gasteiger partial charge in [0, 0.05) is 12.0 Å². The lowest BCUT2D eigenvalue weighted by molar-refractivity contribution is 0.140. The van der Waals surface area contributed by atoms with E-state index in [1.54, 1.807) is 0 Å². The summed E-state index contributed by atoms with van der Waals surface area (Å²) in [5, 5.41) is 0. The average molecular weight is 91.7 g/mol. The Morgan fingerprint density at radius 3 is 1.71 bits per heavy atom. The number of ether oxygens (including phenoxy) is 1. The lowest BCUT2D eigenvalue weighted by Gasteiger charge is -2.02. The molecule has 1 rings (SSSR count). The zero-order valence-electron chi connectivity index (χ0n) is 4.13. The van der Waals surface area contributed by atoms with Crippen LogP contribution in [-0.4, -0.2) is 27.7 Å². The first-order valence-corrected chi connectivity index (χ1v) is 2.45. The minimum Gasteiger partial charge on any atom is -0.395 e. The molecule has 0 N–H and O–H groups in total. The predicted molar refractivity (Wildman–Crippen MR) is 29.4 cm³/mol. The van der Waals surface area contributed by atoms with Crippen molar-refractivity contribution in [2.75, 3.05) is 0 Å². The third-order valence-corrected chi connectivity index (χ3v) is 1.09. The van der Waals surface area contributed by atoms with Gasteiger partial charge in [-0.05, 0) is 12.8 Å². The average Bonchev–Trinajstić information content (AvgIpc) is 1.87. The Bertz CT molecular complexity index is 58.7.